The van der Waals surface area contributed by atoms with Gasteiger partial charge in [0, 0.05) is 11.5 Å². The van der Waals surface area contributed by atoms with Crippen LogP contribution in [0.5, 0.6) is 0 Å². The fraction of sp³-hybridized carbons (Fsp3) is 0.583. The predicted octanol–water partition coefficient (Wildman–Crippen LogP) is 1.22. The van der Waals surface area contributed by atoms with Gasteiger partial charge in [-0.2, -0.15) is 0 Å². The van der Waals surface area contributed by atoms with Crippen LogP contribution in [0, 0.1) is 0 Å². The summed E-state index contributed by atoms with van der Waals surface area (Å²) >= 11 is 0.983. The number of hydrogen-bond donors (Lipinski definition) is 2. The SMILES string of the molecule is CC1(NS(=O)(=O)c2ccc(CC(=O)O)s2)CCCOC1. The van der Waals surface area contributed by atoms with Crippen molar-refractivity contribution in [3.63, 3.8) is 0 Å². The van der Waals surface area contributed by atoms with Gasteiger partial charge in [-0.3, -0.25) is 4.79 Å². The number of rotatable bonds is 5. The standard InChI is InChI=1S/C12H17NO5S2/c1-12(5-2-6-18-8-12)13-20(16,17)11-4-3-9(19-11)7-10(14)15/h3-4,13H,2,5-8H2,1H3,(H,14,15). The van der Waals surface area contributed by atoms with E-state index in [9.17, 15) is 13.2 Å². The van der Waals surface area contributed by atoms with Gasteiger partial charge in [0.25, 0.3) is 10.0 Å². The van der Waals surface area contributed by atoms with Crippen molar-refractivity contribution in [1.29, 1.82) is 0 Å². The van der Waals surface area contributed by atoms with E-state index in [1.54, 1.807) is 0 Å². The third-order valence-corrected chi connectivity index (χ3v) is 6.26. The van der Waals surface area contributed by atoms with E-state index < -0.39 is 21.5 Å². The van der Waals surface area contributed by atoms with Crippen LogP contribution in [0.15, 0.2) is 16.3 Å². The first kappa shape index (κ1) is 15.4. The Morgan fingerprint density at radius 2 is 2.30 bits per heavy atom. The molecule has 0 bridgehead atoms. The van der Waals surface area contributed by atoms with E-state index in [4.69, 9.17) is 9.84 Å². The molecule has 112 valence electrons. The summed E-state index contributed by atoms with van der Waals surface area (Å²) in [5, 5.41) is 8.71. The molecule has 1 saturated heterocycles. The van der Waals surface area contributed by atoms with Gasteiger partial charge < -0.3 is 9.84 Å². The Morgan fingerprint density at radius 1 is 1.55 bits per heavy atom. The Bertz CT molecular complexity index is 587. The van der Waals surface area contributed by atoms with Gasteiger partial charge in [-0.1, -0.05) is 0 Å². The van der Waals surface area contributed by atoms with Crippen molar-refractivity contribution < 1.29 is 23.1 Å². The second kappa shape index (κ2) is 5.80. The fourth-order valence-corrected chi connectivity index (χ4v) is 4.90. The van der Waals surface area contributed by atoms with Gasteiger partial charge in [0.2, 0.25) is 0 Å². The van der Waals surface area contributed by atoms with E-state index in [2.05, 4.69) is 4.72 Å². The summed E-state index contributed by atoms with van der Waals surface area (Å²) in [4.78, 5) is 11.1. The van der Waals surface area contributed by atoms with Crippen LogP contribution in [-0.2, 0) is 26.0 Å². The number of carboxylic acid groups (broad SMARTS) is 1. The van der Waals surface area contributed by atoms with Crippen LogP contribution in [0.2, 0.25) is 0 Å². The van der Waals surface area contributed by atoms with E-state index >= 15 is 0 Å². The van der Waals surface area contributed by atoms with Gasteiger partial charge in [0.05, 0.1) is 18.6 Å². The zero-order chi connectivity index (χ0) is 14.8. The van der Waals surface area contributed by atoms with Crippen molar-refractivity contribution in [2.75, 3.05) is 13.2 Å². The normalized spacial score (nSPS) is 23.6. The Morgan fingerprint density at radius 3 is 2.90 bits per heavy atom. The molecule has 1 aliphatic heterocycles. The number of thiophene rings is 1. The summed E-state index contributed by atoms with van der Waals surface area (Å²) in [6.07, 6.45) is 1.37. The van der Waals surface area contributed by atoms with Crippen molar-refractivity contribution in [2.45, 2.75) is 35.9 Å². The lowest BCUT2D eigenvalue weighted by Crippen LogP contribution is -2.51. The lowest BCUT2D eigenvalue weighted by atomic mass is 9.97. The zero-order valence-electron chi connectivity index (χ0n) is 11.1. The first-order valence-electron chi connectivity index (χ1n) is 6.23. The van der Waals surface area contributed by atoms with Crippen molar-refractivity contribution in [3.8, 4) is 0 Å². The molecule has 0 saturated carbocycles. The molecule has 1 aromatic heterocycles. The summed E-state index contributed by atoms with van der Waals surface area (Å²) in [6.45, 7) is 2.81. The zero-order valence-corrected chi connectivity index (χ0v) is 12.7. The van der Waals surface area contributed by atoms with Crippen molar-refractivity contribution in [1.82, 2.24) is 4.72 Å². The Balaban J connectivity index is 2.13. The Kier molecular flexibility index (Phi) is 4.48. The molecule has 1 aliphatic rings. The van der Waals surface area contributed by atoms with E-state index in [-0.39, 0.29) is 10.6 Å². The number of ether oxygens (including phenoxy) is 1. The predicted molar refractivity (Wildman–Crippen MR) is 74.4 cm³/mol. The highest BCUT2D eigenvalue weighted by Crippen LogP contribution is 2.26. The summed E-state index contributed by atoms with van der Waals surface area (Å²) in [6, 6.07) is 2.98. The average molecular weight is 319 g/mol. The first-order valence-corrected chi connectivity index (χ1v) is 8.53. The van der Waals surface area contributed by atoms with Gasteiger partial charge in [0.1, 0.15) is 4.21 Å². The number of sulfonamides is 1. The molecule has 0 amide bonds. The largest absolute Gasteiger partial charge is 0.481 e. The highest BCUT2D eigenvalue weighted by molar-refractivity contribution is 7.91. The number of carboxylic acids is 1. The van der Waals surface area contributed by atoms with Gasteiger partial charge in [-0.25, -0.2) is 13.1 Å². The molecule has 0 radical (unpaired) electrons. The molecule has 2 rings (SSSR count). The lowest BCUT2D eigenvalue weighted by Gasteiger charge is -2.33. The number of carbonyl (C=O) groups is 1. The van der Waals surface area contributed by atoms with Gasteiger partial charge in [-0.15, -0.1) is 11.3 Å². The minimum Gasteiger partial charge on any atom is -0.481 e. The molecule has 20 heavy (non-hydrogen) atoms. The molecule has 0 aromatic carbocycles. The molecule has 1 atom stereocenters. The Hall–Kier alpha value is -0.960. The van der Waals surface area contributed by atoms with Crippen LogP contribution in [0.1, 0.15) is 24.6 Å². The molecular formula is C12H17NO5S2. The fourth-order valence-electron chi connectivity index (χ4n) is 2.14. The smallest absolute Gasteiger partial charge is 0.308 e. The van der Waals surface area contributed by atoms with Crippen LogP contribution in [0.4, 0.5) is 0 Å². The molecular weight excluding hydrogens is 302 g/mol. The van der Waals surface area contributed by atoms with Crippen molar-refractivity contribution in [2.24, 2.45) is 0 Å². The van der Waals surface area contributed by atoms with E-state index in [0.717, 1.165) is 24.2 Å². The number of nitrogens with one attached hydrogen (secondary N) is 1. The maximum atomic E-state index is 12.3. The molecule has 2 heterocycles. The molecule has 6 nitrogen and oxygen atoms in total. The number of aliphatic carboxylic acids is 1. The topological polar surface area (TPSA) is 92.7 Å². The quantitative estimate of drug-likeness (QED) is 0.851. The monoisotopic (exact) mass is 319 g/mol. The van der Waals surface area contributed by atoms with E-state index in [1.807, 2.05) is 6.92 Å². The van der Waals surface area contributed by atoms with Crippen molar-refractivity contribution >= 4 is 27.3 Å². The van der Waals surface area contributed by atoms with Gasteiger partial charge >= 0.3 is 5.97 Å². The van der Waals surface area contributed by atoms with Gasteiger partial charge in [0.15, 0.2) is 0 Å². The lowest BCUT2D eigenvalue weighted by molar-refractivity contribution is -0.136. The molecule has 0 aliphatic carbocycles. The third kappa shape index (κ3) is 3.78. The second-order valence-corrected chi connectivity index (χ2v) is 8.19. The Labute approximate surface area is 121 Å². The highest BCUT2D eigenvalue weighted by atomic mass is 32.2. The second-order valence-electron chi connectivity index (χ2n) is 5.11. The number of hydrogen-bond acceptors (Lipinski definition) is 5. The molecule has 8 heteroatoms. The molecule has 2 N–H and O–H groups in total. The van der Waals surface area contributed by atoms with E-state index in [1.165, 1.54) is 12.1 Å². The maximum Gasteiger partial charge on any atom is 0.308 e. The summed E-state index contributed by atoms with van der Waals surface area (Å²) < 4.78 is 32.7. The molecule has 1 fully saturated rings. The van der Waals surface area contributed by atoms with Crippen molar-refractivity contribution in [3.05, 3.63) is 17.0 Å². The van der Waals surface area contributed by atoms with Crippen LogP contribution >= 0.6 is 11.3 Å². The molecule has 0 spiro atoms. The summed E-state index contributed by atoms with van der Waals surface area (Å²) in [5.41, 5.74) is -0.603. The highest BCUT2D eigenvalue weighted by Gasteiger charge is 2.33. The van der Waals surface area contributed by atoms with Crippen LogP contribution in [0.25, 0.3) is 0 Å². The van der Waals surface area contributed by atoms with Gasteiger partial charge in [-0.05, 0) is 31.9 Å². The summed E-state index contributed by atoms with van der Waals surface area (Å²) in [7, 11) is -3.64. The summed E-state index contributed by atoms with van der Waals surface area (Å²) in [5.74, 6) is -0.976. The van der Waals surface area contributed by atoms with Crippen LogP contribution < -0.4 is 4.72 Å². The average Bonchev–Trinajstić information content (AvgIpc) is 2.77. The minimum atomic E-state index is -3.64. The minimum absolute atomic E-state index is 0.139. The van der Waals surface area contributed by atoms with E-state index in [0.29, 0.717) is 18.1 Å². The third-order valence-electron chi connectivity index (χ3n) is 3.05. The van der Waals surface area contributed by atoms with Crippen LogP contribution in [-0.4, -0.2) is 38.2 Å². The molecule has 1 aromatic rings. The molecule has 1 unspecified atom stereocenters. The first-order chi connectivity index (χ1) is 9.31. The van der Waals surface area contributed by atoms with Crippen LogP contribution in [0.3, 0.4) is 0 Å². The maximum absolute atomic E-state index is 12.3.